The van der Waals surface area contributed by atoms with Crippen LogP contribution in [0.25, 0.3) is 0 Å². The van der Waals surface area contributed by atoms with Crippen molar-refractivity contribution >= 4 is 23.5 Å². The summed E-state index contributed by atoms with van der Waals surface area (Å²) in [5, 5.41) is 3.10. The van der Waals surface area contributed by atoms with Crippen molar-refractivity contribution in [1.82, 2.24) is 5.32 Å². The molecule has 2 aromatic carbocycles. The Morgan fingerprint density at radius 2 is 1.91 bits per heavy atom. The van der Waals surface area contributed by atoms with E-state index < -0.39 is 53.7 Å². The van der Waals surface area contributed by atoms with E-state index in [4.69, 9.17) is 16.3 Å². The highest BCUT2D eigenvalue weighted by atomic mass is 16.6. The molecule has 3 rings (SSSR count). The molecule has 0 radical (unpaired) electrons. The van der Waals surface area contributed by atoms with E-state index in [2.05, 4.69) is 5.32 Å². The van der Waals surface area contributed by atoms with Crippen LogP contribution in [0.3, 0.4) is 0 Å². The van der Waals surface area contributed by atoms with Gasteiger partial charge in [-0.1, -0.05) is 48.4 Å². The molecule has 35 heavy (non-hydrogen) atoms. The first kappa shape index (κ1) is 20.0. The second-order valence-corrected chi connectivity index (χ2v) is 9.34. The third-order valence-electron chi connectivity index (χ3n) is 5.46. The number of aryl methyl sites for hydroxylation is 1. The highest BCUT2D eigenvalue weighted by molar-refractivity contribution is 6.02. The maximum atomic E-state index is 13.8. The molecule has 1 aliphatic heterocycles. The van der Waals surface area contributed by atoms with E-state index >= 15 is 0 Å². The molecule has 1 heterocycles. The molecule has 2 aromatic rings. The summed E-state index contributed by atoms with van der Waals surface area (Å²) in [4.78, 5) is 40.8. The molecule has 0 unspecified atom stereocenters. The number of amides is 1. The van der Waals surface area contributed by atoms with Gasteiger partial charge in [0.05, 0.1) is 19.5 Å². The van der Waals surface area contributed by atoms with Gasteiger partial charge in [-0.05, 0) is 70.6 Å². The maximum Gasteiger partial charge on any atom is 0.326 e. The topological polar surface area (TPSA) is 84.9 Å². The van der Waals surface area contributed by atoms with Gasteiger partial charge < -0.3 is 9.47 Å². The zero-order chi connectivity index (χ0) is 29.8. The SMILES string of the molecule is [2H]c1c([2H])c([2H])c(CC[C@H](N[C@H]2CCc3ccccc3N(CC(=O)OC(C)(C)C)C2=O)C(=O)OCC)c([2H])c1[2H]. The van der Waals surface area contributed by atoms with Gasteiger partial charge >= 0.3 is 11.9 Å². The Labute approximate surface area is 214 Å². The Balaban J connectivity index is 1.88. The first-order valence-corrected chi connectivity index (χ1v) is 11.8. The fraction of sp³-hybridized carbons (Fsp3) is 0.464. The van der Waals surface area contributed by atoms with Crippen molar-refractivity contribution in [3.8, 4) is 0 Å². The van der Waals surface area contributed by atoms with Crippen molar-refractivity contribution < 1.29 is 30.7 Å². The smallest absolute Gasteiger partial charge is 0.326 e. The number of hydrogen-bond donors (Lipinski definition) is 1. The monoisotopic (exact) mass is 485 g/mol. The van der Waals surface area contributed by atoms with Crippen LogP contribution in [0, 0.1) is 0 Å². The molecule has 0 spiro atoms. The third-order valence-corrected chi connectivity index (χ3v) is 5.46. The molecule has 0 aliphatic carbocycles. The molecule has 1 amide bonds. The second kappa shape index (κ2) is 12.0. The molecule has 7 heteroatoms. The number of fused-ring (bicyclic) bond motifs is 1. The largest absolute Gasteiger partial charge is 0.465 e. The Morgan fingerprint density at radius 1 is 1.20 bits per heavy atom. The standard InChI is InChI=1S/C28H36N2O5/c1-5-34-27(33)23(17-15-20-11-7-6-8-12-20)29-22-18-16-21-13-9-10-14-24(21)30(26(22)32)19-25(31)35-28(2,3)4/h6-14,22-23,29H,5,15-19H2,1-4H3/t22-,23-/m0/s1/i6D,7D,8D,11D,12D. The number of benzene rings is 2. The van der Waals surface area contributed by atoms with Crippen LogP contribution in [-0.4, -0.2) is 48.7 Å². The van der Waals surface area contributed by atoms with Crippen LogP contribution in [0.5, 0.6) is 0 Å². The van der Waals surface area contributed by atoms with E-state index in [0.717, 1.165) is 5.56 Å². The number of carbonyl (C=O) groups excluding carboxylic acids is 3. The maximum absolute atomic E-state index is 13.8. The van der Waals surface area contributed by atoms with E-state index in [9.17, 15) is 14.4 Å². The van der Waals surface area contributed by atoms with Gasteiger partial charge in [0.2, 0.25) is 5.91 Å². The molecule has 0 saturated heterocycles. The molecule has 0 aromatic heterocycles. The number of nitrogens with zero attached hydrogens (tertiary/aromatic N) is 1. The normalized spacial score (nSPS) is 18.7. The van der Waals surface area contributed by atoms with Crippen molar-refractivity contribution in [3.63, 3.8) is 0 Å². The molecule has 0 saturated carbocycles. The molecule has 0 bridgehead atoms. The van der Waals surface area contributed by atoms with Crippen LogP contribution in [-0.2, 0) is 36.7 Å². The molecule has 0 fully saturated rings. The lowest BCUT2D eigenvalue weighted by molar-refractivity contribution is -0.154. The summed E-state index contributed by atoms with van der Waals surface area (Å²) >= 11 is 0. The van der Waals surface area contributed by atoms with Gasteiger partial charge in [0, 0.05) is 5.69 Å². The van der Waals surface area contributed by atoms with Crippen molar-refractivity contribution in [3.05, 3.63) is 65.6 Å². The molecule has 1 N–H and O–H groups in total. The average molecular weight is 486 g/mol. The van der Waals surface area contributed by atoms with Gasteiger partial charge in [-0.15, -0.1) is 0 Å². The van der Waals surface area contributed by atoms with Gasteiger partial charge in [0.25, 0.3) is 0 Å². The number of nitrogens with one attached hydrogen (secondary N) is 1. The highest BCUT2D eigenvalue weighted by Crippen LogP contribution is 2.27. The highest BCUT2D eigenvalue weighted by Gasteiger charge is 2.35. The lowest BCUT2D eigenvalue weighted by Crippen LogP contribution is -2.53. The summed E-state index contributed by atoms with van der Waals surface area (Å²) < 4.78 is 50.7. The summed E-state index contributed by atoms with van der Waals surface area (Å²) in [7, 11) is 0. The molecular formula is C28H36N2O5. The van der Waals surface area contributed by atoms with Crippen LogP contribution in [0.1, 0.15) is 58.5 Å². The van der Waals surface area contributed by atoms with E-state index in [1.165, 1.54) is 4.90 Å². The van der Waals surface area contributed by atoms with E-state index in [-0.39, 0.29) is 43.6 Å². The Hall–Kier alpha value is -3.19. The van der Waals surface area contributed by atoms with Crippen LogP contribution in [0.2, 0.25) is 0 Å². The van der Waals surface area contributed by atoms with Crippen molar-refractivity contribution in [1.29, 1.82) is 0 Å². The fourth-order valence-electron chi connectivity index (χ4n) is 3.98. The number of carbonyl (C=O) groups is 3. The lowest BCUT2D eigenvalue weighted by atomic mass is 10.0. The molecule has 188 valence electrons. The van der Waals surface area contributed by atoms with Crippen molar-refractivity contribution in [2.75, 3.05) is 18.1 Å². The summed E-state index contributed by atoms with van der Waals surface area (Å²) in [6.07, 6.45) is 0.846. The summed E-state index contributed by atoms with van der Waals surface area (Å²) in [5.74, 6) is -1.60. The first-order valence-electron chi connectivity index (χ1n) is 14.3. The van der Waals surface area contributed by atoms with Gasteiger partial charge in [-0.3, -0.25) is 24.6 Å². The number of para-hydroxylation sites is 1. The average Bonchev–Trinajstić information content (AvgIpc) is 3.01. The summed E-state index contributed by atoms with van der Waals surface area (Å²) in [5.41, 5.74) is 0.805. The quantitative estimate of drug-likeness (QED) is 0.544. The van der Waals surface area contributed by atoms with Crippen molar-refractivity contribution in [2.24, 2.45) is 0 Å². The molecule has 1 aliphatic rings. The van der Waals surface area contributed by atoms with Gasteiger partial charge in [0.15, 0.2) is 0 Å². The van der Waals surface area contributed by atoms with Crippen LogP contribution in [0.15, 0.2) is 54.5 Å². The fourth-order valence-corrected chi connectivity index (χ4v) is 3.98. The van der Waals surface area contributed by atoms with Crippen molar-refractivity contribution in [2.45, 2.75) is 71.1 Å². The second-order valence-electron chi connectivity index (χ2n) is 9.34. The lowest BCUT2D eigenvalue weighted by Gasteiger charge is -2.29. The summed E-state index contributed by atoms with van der Waals surface area (Å²) in [6, 6.07) is 3.35. The number of anilines is 1. The molecule has 2 atom stereocenters. The van der Waals surface area contributed by atoms with Gasteiger partial charge in [0.1, 0.15) is 18.2 Å². The molecule has 7 nitrogen and oxygen atoms in total. The van der Waals surface area contributed by atoms with Crippen LogP contribution < -0.4 is 10.2 Å². The number of esters is 2. The van der Waals surface area contributed by atoms with Crippen LogP contribution >= 0.6 is 0 Å². The predicted octanol–water partition coefficient (Wildman–Crippen LogP) is 3.83. The van der Waals surface area contributed by atoms with E-state index in [1.54, 1.807) is 39.8 Å². The Kier molecular flexibility index (Phi) is 6.86. The Bertz CT molecular complexity index is 1250. The zero-order valence-corrected chi connectivity index (χ0v) is 20.7. The van der Waals surface area contributed by atoms with E-state index in [0.29, 0.717) is 18.5 Å². The Morgan fingerprint density at radius 3 is 2.60 bits per heavy atom. The molecular weight excluding hydrogens is 444 g/mol. The first-order chi connectivity index (χ1) is 18.7. The van der Waals surface area contributed by atoms with E-state index in [1.807, 2.05) is 12.1 Å². The van der Waals surface area contributed by atoms with Crippen LogP contribution in [0.4, 0.5) is 5.69 Å². The number of hydrogen-bond acceptors (Lipinski definition) is 6. The summed E-state index contributed by atoms with van der Waals surface area (Å²) in [6.45, 7) is 6.67. The number of rotatable bonds is 9. The van der Waals surface area contributed by atoms with Gasteiger partial charge in [-0.25, -0.2) is 0 Å². The van der Waals surface area contributed by atoms with Gasteiger partial charge in [-0.2, -0.15) is 0 Å². The minimum absolute atomic E-state index is 0.0189. The minimum Gasteiger partial charge on any atom is -0.465 e. The zero-order valence-electron chi connectivity index (χ0n) is 25.7. The third kappa shape index (κ3) is 7.65. The number of ether oxygens (including phenoxy) is 2. The minimum atomic E-state index is -1.00. The predicted molar refractivity (Wildman–Crippen MR) is 135 cm³/mol.